The highest BCUT2D eigenvalue weighted by Crippen LogP contribution is 2.51. The standard InChI is InChI=1S/C18H21N3O3/c1-10(2)13-14(11(3)4)16(19-7-22)18(21-9-24)17(20-8-23)15(13)12(5)6/h10-12H,1-6H3. The third-order valence-electron chi connectivity index (χ3n) is 3.74. The molecule has 0 atom stereocenters. The van der Waals surface area contributed by atoms with Gasteiger partial charge in [-0.2, -0.15) is 15.0 Å². The van der Waals surface area contributed by atoms with E-state index in [0.717, 1.165) is 16.7 Å². The van der Waals surface area contributed by atoms with E-state index < -0.39 is 0 Å². The largest absolute Gasteiger partial charge is 0.240 e. The molecule has 0 aliphatic carbocycles. The van der Waals surface area contributed by atoms with E-state index >= 15 is 0 Å². The Morgan fingerprint density at radius 1 is 0.542 bits per heavy atom. The number of hydrogen-bond acceptors (Lipinski definition) is 6. The Hall–Kier alpha value is -2.64. The van der Waals surface area contributed by atoms with Gasteiger partial charge in [0.2, 0.25) is 18.2 Å². The van der Waals surface area contributed by atoms with Gasteiger partial charge in [0.1, 0.15) is 17.1 Å². The maximum absolute atomic E-state index is 10.9. The molecule has 0 radical (unpaired) electrons. The van der Waals surface area contributed by atoms with Crippen LogP contribution in [0.5, 0.6) is 0 Å². The van der Waals surface area contributed by atoms with E-state index in [2.05, 4.69) is 15.0 Å². The van der Waals surface area contributed by atoms with Crippen LogP contribution in [0.25, 0.3) is 0 Å². The van der Waals surface area contributed by atoms with E-state index in [-0.39, 0.29) is 34.8 Å². The third kappa shape index (κ3) is 3.64. The summed E-state index contributed by atoms with van der Waals surface area (Å²) in [7, 11) is 0. The number of isocyanates is 3. The van der Waals surface area contributed by atoms with E-state index in [1.54, 1.807) is 0 Å². The van der Waals surface area contributed by atoms with Crippen LogP contribution in [0.3, 0.4) is 0 Å². The minimum Gasteiger partial charge on any atom is -0.211 e. The van der Waals surface area contributed by atoms with Gasteiger partial charge in [0.05, 0.1) is 0 Å². The van der Waals surface area contributed by atoms with Crippen LogP contribution in [-0.2, 0) is 14.4 Å². The second-order valence-electron chi connectivity index (χ2n) is 6.36. The summed E-state index contributed by atoms with van der Waals surface area (Å²) in [6, 6.07) is 0. The van der Waals surface area contributed by atoms with Crippen LogP contribution < -0.4 is 0 Å². The van der Waals surface area contributed by atoms with E-state index in [9.17, 15) is 14.4 Å². The number of rotatable bonds is 6. The fourth-order valence-electron chi connectivity index (χ4n) is 3.03. The first-order chi connectivity index (χ1) is 11.3. The Kier molecular flexibility index (Phi) is 6.69. The molecule has 0 heterocycles. The summed E-state index contributed by atoms with van der Waals surface area (Å²) in [5.41, 5.74) is 3.05. The van der Waals surface area contributed by atoms with Crippen LogP contribution in [0.4, 0.5) is 17.1 Å². The van der Waals surface area contributed by atoms with Crippen molar-refractivity contribution in [3.8, 4) is 0 Å². The fourth-order valence-corrected chi connectivity index (χ4v) is 3.03. The molecule has 1 rings (SSSR count). The molecule has 0 N–H and O–H groups in total. The lowest BCUT2D eigenvalue weighted by Crippen LogP contribution is -2.07. The van der Waals surface area contributed by atoms with Gasteiger partial charge in [0, 0.05) is 0 Å². The summed E-state index contributed by atoms with van der Waals surface area (Å²) in [6.07, 6.45) is 4.47. The van der Waals surface area contributed by atoms with Gasteiger partial charge in [0.25, 0.3) is 0 Å². The van der Waals surface area contributed by atoms with Crippen molar-refractivity contribution in [1.82, 2.24) is 0 Å². The van der Waals surface area contributed by atoms with Gasteiger partial charge in [-0.25, -0.2) is 14.4 Å². The Labute approximate surface area is 141 Å². The quantitative estimate of drug-likeness (QED) is 0.546. The molecule has 6 nitrogen and oxygen atoms in total. The van der Waals surface area contributed by atoms with E-state index in [1.165, 1.54) is 18.2 Å². The average Bonchev–Trinajstić information content (AvgIpc) is 2.49. The van der Waals surface area contributed by atoms with Crippen molar-refractivity contribution >= 4 is 35.3 Å². The summed E-state index contributed by atoms with van der Waals surface area (Å²) in [4.78, 5) is 44.0. The summed E-state index contributed by atoms with van der Waals surface area (Å²) >= 11 is 0. The van der Waals surface area contributed by atoms with Gasteiger partial charge in [-0.1, -0.05) is 41.5 Å². The maximum Gasteiger partial charge on any atom is 0.240 e. The molecule has 0 amide bonds. The van der Waals surface area contributed by atoms with Crippen LogP contribution in [-0.4, -0.2) is 18.2 Å². The normalized spacial score (nSPS) is 10.4. The fraction of sp³-hybridized carbons (Fsp3) is 0.500. The van der Waals surface area contributed by atoms with Gasteiger partial charge in [-0.3, -0.25) is 0 Å². The number of aliphatic imine (C=N–C) groups is 3. The molecule has 0 aliphatic rings. The number of nitrogens with zero attached hydrogens (tertiary/aromatic N) is 3. The first-order valence-corrected chi connectivity index (χ1v) is 7.78. The number of hydrogen-bond donors (Lipinski definition) is 0. The van der Waals surface area contributed by atoms with Crippen LogP contribution in [0.2, 0.25) is 0 Å². The van der Waals surface area contributed by atoms with Gasteiger partial charge in [0.15, 0.2) is 0 Å². The topological polar surface area (TPSA) is 88.3 Å². The Balaban J connectivity index is 4.34. The molecular formula is C18H21N3O3. The van der Waals surface area contributed by atoms with Crippen molar-refractivity contribution in [3.05, 3.63) is 16.7 Å². The SMILES string of the molecule is CC(C)c1c(N=C=O)c(N=C=O)c(N=C=O)c(C(C)C)c1C(C)C. The predicted octanol–water partition coefficient (Wildman–Crippen LogP) is 4.96. The smallest absolute Gasteiger partial charge is 0.211 e. The van der Waals surface area contributed by atoms with Crippen LogP contribution in [0.1, 0.15) is 76.0 Å². The molecule has 0 aromatic heterocycles. The summed E-state index contributed by atoms with van der Waals surface area (Å²) in [5, 5.41) is 0. The summed E-state index contributed by atoms with van der Waals surface area (Å²) in [6.45, 7) is 11.9. The van der Waals surface area contributed by atoms with Gasteiger partial charge >= 0.3 is 0 Å². The molecule has 0 saturated carbocycles. The molecule has 0 spiro atoms. The second-order valence-corrected chi connectivity index (χ2v) is 6.36. The predicted molar refractivity (Wildman–Crippen MR) is 92.1 cm³/mol. The highest BCUT2D eigenvalue weighted by atomic mass is 16.1. The van der Waals surface area contributed by atoms with Crippen molar-refractivity contribution in [1.29, 1.82) is 0 Å². The molecule has 126 valence electrons. The minimum atomic E-state index is 0.0156. The van der Waals surface area contributed by atoms with Crippen molar-refractivity contribution in [2.75, 3.05) is 0 Å². The maximum atomic E-state index is 10.9. The molecule has 24 heavy (non-hydrogen) atoms. The van der Waals surface area contributed by atoms with Crippen molar-refractivity contribution in [2.24, 2.45) is 15.0 Å². The average molecular weight is 327 g/mol. The summed E-state index contributed by atoms with van der Waals surface area (Å²) in [5.74, 6) is 0.124. The molecule has 0 saturated heterocycles. The number of carbonyl (C=O) groups excluding carboxylic acids is 3. The van der Waals surface area contributed by atoms with Gasteiger partial charge in [-0.05, 0) is 34.4 Å². The summed E-state index contributed by atoms with van der Waals surface area (Å²) < 4.78 is 0. The lowest BCUT2D eigenvalue weighted by Gasteiger charge is -2.26. The Bertz CT molecular complexity index is 724. The monoisotopic (exact) mass is 327 g/mol. The van der Waals surface area contributed by atoms with E-state index in [0.29, 0.717) is 0 Å². The first kappa shape index (κ1) is 19.4. The highest BCUT2D eigenvalue weighted by Gasteiger charge is 2.28. The zero-order valence-electron chi connectivity index (χ0n) is 14.8. The molecule has 6 heteroatoms. The van der Waals surface area contributed by atoms with Crippen LogP contribution in [0.15, 0.2) is 15.0 Å². The van der Waals surface area contributed by atoms with E-state index in [4.69, 9.17) is 0 Å². The van der Waals surface area contributed by atoms with Crippen LogP contribution in [0, 0.1) is 0 Å². The molecular weight excluding hydrogens is 306 g/mol. The lowest BCUT2D eigenvalue weighted by molar-refractivity contribution is 0.563. The Morgan fingerprint density at radius 2 is 0.833 bits per heavy atom. The molecule has 0 bridgehead atoms. The van der Waals surface area contributed by atoms with Gasteiger partial charge < -0.3 is 0 Å². The van der Waals surface area contributed by atoms with Crippen molar-refractivity contribution < 1.29 is 14.4 Å². The highest BCUT2D eigenvalue weighted by molar-refractivity contribution is 5.87. The zero-order valence-corrected chi connectivity index (χ0v) is 14.8. The van der Waals surface area contributed by atoms with Crippen LogP contribution >= 0.6 is 0 Å². The molecule has 0 aliphatic heterocycles. The molecule has 1 aromatic carbocycles. The van der Waals surface area contributed by atoms with E-state index in [1.807, 2.05) is 41.5 Å². The molecule has 1 aromatic rings. The van der Waals surface area contributed by atoms with Crippen molar-refractivity contribution in [3.63, 3.8) is 0 Å². The Morgan fingerprint density at radius 3 is 1.08 bits per heavy atom. The first-order valence-electron chi connectivity index (χ1n) is 7.78. The second kappa shape index (κ2) is 8.28. The minimum absolute atomic E-state index is 0.0156. The number of benzene rings is 1. The zero-order chi connectivity index (χ0) is 18.4. The molecule has 0 unspecified atom stereocenters. The van der Waals surface area contributed by atoms with Crippen molar-refractivity contribution in [2.45, 2.75) is 59.3 Å². The van der Waals surface area contributed by atoms with Gasteiger partial charge in [-0.15, -0.1) is 0 Å². The third-order valence-corrected chi connectivity index (χ3v) is 3.74. The lowest BCUT2D eigenvalue weighted by atomic mass is 9.80. The molecule has 0 fully saturated rings.